The van der Waals surface area contributed by atoms with Gasteiger partial charge >= 0.3 is 0 Å². The van der Waals surface area contributed by atoms with Crippen molar-refractivity contribution in [1.29, 1.82) is 0 Å². The summed E-state index contributed by atoms with van der Waals surface area (Å²) in [5.41, 5.74) is 6.40. The Morgan fingerprint density at radius 2 is 2.28 bits per heavy atom. The molecule has 0 saturated heterocycles. The zero-order chi connectivity index (χ0) is 13.7. The lowest BCUT2D eigenvalue weighted by Crippen LogP contribution is -2.28. The summed E-state index contributed by atoms with van der Waals surface area (Å²) >= 11 is 3.29. The van der Waals surface area contributed by atoms with E-state index < -0.39 is 6.10 Å². The third kappa shape index (κ3) is 3.44. The van der Waals surface area contributed by atoms with Crippen molar-refractivity contribution in [2.24, 2.45) is 10.9 Å². The quantitative estimate of drug-likeness (QED) is 0.339. The van der Waals surface area contributed by atoms with Crippen molar-refractivity contribution in [3.8, 4) is 0 Å². The molecule has 18 heavy (non-hydrogen) atoms. The van der Waals surface area contributed by atoms with Crippen molar-refractivity contribution >= 4 is 33.4 Å². The molecule has 0 radical (unpaired) electrons. The number of rotatable bonds is 4. The third-order valence-electron chi connectivity index (χ3n) is 2.35. The molecule has 98 valence electrons. The van der Waals surface area contributed by atoms with Crippen LogP contribution >= 0.6 is 15.9 Å². The Morgan fingerprint density at radius 3 is 2.83 bits per heavy atom. The second-order valence-corrected chi connectivity index (χ2v) is 4.46. The first-order valence-electron chi connectivity index (χ1n) is 5.10. The van der Waals surface area contributed by atoms with Gasteiger partial charge in [-0.2, -0.15) is 0 Å². The molecule has 6 nitrogen and oxygen atoms in total. The largest absolute Gasteiger partial charge is 0.409 e. The Bertz CT molecular complexity index is 477. The maximum absolute atomic E-state index is 11.7. The topological polar surface area (TPSA) is 96.9 Å². The molecule has 0 aliphatic carbocycles. The van der Waals surface area contributed by atoms with E-state index >= 15 is 0 Å². The van der Waals surface area contributed by atoms with Crippen molar-refractivity contribution in [3.05, 3.63) is 28.2 Å². The molecule has 0 fully saturated rings. The number of methoxy groups -OCH3 is 1. The fourth-order valence-corrected chi connectivity index (χ4v) is 1.60. The Balaban J connectivity index is 3.07. The van der Waals surface area contributed by atoms with Crippen LogP contribution in [0.5, 0.6) is 0 Å². The minimum absolute atomic E-state index is 0.0807. The van der Waals surface area contributed by atoms with E-state index in [2.05, 4.69) is 26.4 Å². The van der Waals surface area contributed by atoms with Crippen LogP contribution in [0, 0.1) is 0 Å². The van der Waals surface area contributed by atoms with Crippen LogP contribution < -0.4 is 11.1 Å². The predicted octanol–water partition coefficient (Wildman–Crippen LogP) is 1.52. The van der Waals surface area contributed by atoms with Crippen LogP contribution in [-0.4, -0.2) is 30.2 Å². The highest BCUT2D eigenvalue weighted by atomic mass is 79.9. The van der Waals surface area contributed by atoms with Crippen LogP contribution in [-0.2, 0) is 9.53 Å². The van der Waals surface area contributed by atoms with Gasteiger partial charge in [0.15, 0.2) is 5.84 Å². The summed E-state index contributed by atoms with van der Waals surface area (Å²) in [6, 6.07) is 5.02. The number of ether oxygens (including phenoxy) is 1. The number of carbonyl (C=O) groups is 1. The maximum atomic E-state index is 11.7. The fourth-order valence-electron chi connectivity index (χ4n) is 1.24. The summed E-state index contributed by atoms with van der Waals surface area (Å²) in [7, 11) is 1.44. The third-order valence-corrected chi connectivity index (χ3v) is 2.84. The molecule has 1 rings (SSSR count). The lowest BCUT2D eigenvalue weighted by atomic mass is 10.1. The molecule has 1 aromatic rings. The first-order chi connectivity index (χ1) is 8.49. The standard InChI is InChI=1S/C11H14BrN3O3/c1-6(18-2)11(16)14-9-5-7(12)3-4-8(9)10(13)15-17/h3-6,17H,1-2H3,(H2,13,15)(H,14,16). The molecule has 0 aliphatic heterocycles. The van der Waals surface area contributed by atoms with E-state index in [1.165, 1.54) is 7.11 Å². The summed E-state index contributed by atoms with van der Waals surface area (Å²) < 4.78 is 5.67. The minimum atomic E-state index is -0.593. The summed E-state index contributed by atoms with van der Waals surface area (Å²) in [6.45, 7) is 1.62. The molecule has 0 spiro atoms. The Kier molecular flexibility index (Phi) is 5.11. The number of amidine groups is 1. The molecule has 0 saturated carbocycles. The molecule has 4 N–H and O–H groups in total. The van der Waals surface area contributed by atoms with Gasteiger partial charge in [-0.15, -0.1) is 0 Å². The second kappa shape index (κ2) is 6.36. The van der Waals surface area contributed by atoms with Gasteiger partial charge < -0.3 is 21.0 Å². The predicted molar refractivity (Wildman–Crippen MR) is 71.8 cm³/mol. The normalized spacial score (nSPS) is 13.2. The van der Waals surface area contributed by atoms with Gasteiger partial charge in [0.2, 0.25) is 0 Å². The van der Waals surface area contributed by atoms with Gasteiger partial charge in [0, 0.05) is 17.1 Å². The average molecular weight is 316 g/mol. The number of hydrogen-bond donors (Lipinski definition) is 3. The molecule has 0 aliphatic rings. The van der Waals surface area contributed by atoms with Crippen LogP contribution in [0.2, 0.25) is 0 Å². The monoisotopic (exact) mass is 315 g/mol. The lowest BCUT2D eigenvalue weighted by molar-refractivity contribution is -0.124. The summed E-state index contributed by atoms with van der Waals surface area (Å²) in [5, 5.41) is 14.3. The van der Waals surface area contributed by atoms with E-state index in [-0.39, 0.29) is 11.7 Å². The lowest BCUT2D eigenvalue weighted by Gasteiger charge is -2.13. The summed E-state index contributed by atoms with van der Waals surface area (Å²) in [4.78, 5) is 11.7. The SMILES string of the molecule is COC(C)C(=O)Nc1cc(Br)ccc1/C(N)=N/O. The van der Waals surface area contributed by atoms with E-state index in [0.29, 0.717) is 11.3 Å². The number of amides is 1. The fraction of sp³-hybridized carbons (Fsp3) is 0.273. The summed E-state index contributed by atoms with van der Waals surface area (Å²) in [5.74, 6) is -0.398. The van der Waals surface area contributed by atoms with Crippen LogP contribution in [0.15, 0.2) is 27.8 Å². The van der Waals surface area contributed by atoms with Crippen molar-refractivity contribution in [1.82, 2.24) is 0 Å². The molecular formula is C11H14BrN3O3. The Morgan fingerprint density at radius 1 is 1.61 bits per heavy atom. The van der Waals surface area contributed by atoms with Gasteiger partial charge in [-0.1, -0.05) is 21.1 Å². The van der Waals surface area contributed by atoms with Crippen molar-refractivity contribution < 1.29 is 14.7 Å². The van der Waals surface area contributed by atoms with Crippen molar-refractivity contribution in [2.75, 3.05) is 12.4 Å². The van der Waals surface area contributed by atoms with E-state index in [1.54, 1.807) is 25.1 Å². The first kappa shape index (κ1) is 14.5. The molecule has 1 atom stereocenters. The molecular weight excluding hydrogens is 302 g/mol. The van der Waals surface area contributed by atoms with Gasteiger partial charge in [-0.3, -0.25) is 4.79 Å². The molecule has 1 unspecified atom stereocenters. The highest BCUT2D eigenvalue weighted by molar-refractivity contribution is 9.10. The van der Waals surface area contributed by atoms with Gasteiger partial charge in [0.25, 0.3) is 5.91 Å². The van der Waals surface area contributed by atoms with Gasteiger partial charge in [-0.25, -0.2) is 0 Å². The van der Waals surface area contributed by atoms with Gasteiger partial charge in [0.1, 0.15) is 6.10 Å². The van der Waals surface area contributed by atoms with Crippen molar-refractivity contribution in [2.45, 2.75) is 13.0 Å². The maximum Gasteiger partial charge on any atom is 0.253 e. The van der Waals surface area contributed by atoms with Crippen LogP contribution in [0.3, 0.4) is 0 Å². The zero-order valence-corrected chi connectivity index (χ0v) is 11.6. The molecule has 0 heterocycles. The number of nitrogens with two attached hydrogens (primary N) is 1. The number of halogens is 1. The van der Waals surface area contributed by atoms with Crippen molar-refractivity contribution in [3.63, 3.8) is 0 Å². The Labute approximate surface area is 113 Å². The molecule has 0 aromatic heterocycles. The van der Waals surface area contributed by atoms with E-state index in [4.69, 9.17) is 15.7 Å². The zero-order valence-electron chi connectivity index (χ0n) is 9.98. The summed E-state index contributed by atoms with van der Waals surface area (Å²) in [6.07, 6.45) is -0.593. The molecule has 0 bridgehead atoms. The number of nitrogens with one attached hydrogen (secondary N) is 1. The minimum Gasteiger partial charge on any atom is -0.409 e. The highest BCUT2D eigenvalue weighted by Gasteiger charge is 2.15. The van der Waals surface area contributed by atoms with E-state index in [0.717, 1.165) is 4.47 Å². The van der Waals surface area contributed by atoms with Gasteiger partial charge in [-0.05, 0) is 25.1 Å². The van der Waals surface area contributed by atoms with Crippen LogP contribution in [0.25, 0.3) is 0 Å². The number of anilines is 1. The number of nitrogens with zero attached hydrogens (tertiary/aromatic N) is 1. The molecule has 7 heteroatoms. The van der Waals surface area contributed by atoms with Crippen LogP contribution in [0.4, 0.5) is 5.69 Å². The average Bonchev–Trinajstić information content (AvgIpc) is 2.37. The number of oxime groups is 1. The molecule has 1 amide bonds. The number of hydrogen-bond acceptors (Lipinski definition) is 4. The smallest absolute Gasteiger partial charge is 0.253 e. The number of carbonyl (C=O) groups excluding carboxylic acids is 1. The molecule has 1 aromatic carbocycles. The Hall–Kier alpha value is -1.60. The first-order valence-corrected chi connectivity index (χ1v) is 5.90. The van der Waals surface area contributed by atoms with E-state index in [9.17, 15) is 4.79 Å². The van der Waals surface area contributed by atoms with Crippen LogP contribution in [0.1, 0.15) is 12.5 Å². The number of benzene rings is 1. The highest BCUT2D eigenvalue weighted by Crippen LogP contribution is 2.21. The van der Waals surface area contributed by atoms with E-state index in [1.807, 2.05) is 0 Å². The second-order valence-electron chi connectivity index (χ2n) is 3.54. The van der Waals surface area contributed by atoms with Gasteiger partial charge in [0.05, 0.1) is 5.69 Å².